The van der Waals surface area contributed by atoms with E-state index in [0.717, 1.165) is 6.26 Å². The van der Waals surface area contributed by atoms with Crippen molar-refractivity contribution < 1.29 is 17.2 Å². The zero-order valence-electron chi connectivity index (χ0n) is 9.20. The van der Waals surface area contributed by atoms with Crippen LogP contribution in [0.25, 0.3) is 0 Å². The number of halogens is 2. The van der Waals surface area contributed by atoms with Crippen LogP contribution >= 0.6 is 0 Å². The third-order valence-electron chi connectivity index (χ3n) is 3.11. The third kappa shape index (κ3) is 2.66. The van der Waals surface area contributed by atoms with Gasteiger partial charge in [-0.15, -0.1) is 0 Å². The first-order valence-corrected chi connectivity index (χ1v) is 6.76. The van der Waals surface area contributed by atoms with Gasteiger partial charge in [-0.1, -0.05) is 6.92 Å². The van der Waals surface area contributed by atoms with Crippen molar-refractivity contribution in [2.75, 3.05) is 12.8 Å². The summed E-state index contributed by atoms with van der Waals surface area (Å²) >= 11 is 0. The molecular weight excluding hydrogens is 224 g/mol. The topological polar surface area (TPSA) is 37.4 Å². The van der Waals surface area contributed by atoms with Crippen LogP contribution in [0.2, 0.25) is 0 Å². The summed E-state index contributed by atoms with van der Waals surface area (Å²) in [7, 11) is -3.26. The highest BCUT2D eigenvalue weighted by Crippen LogP contribution is 2.40. The van der Waals surface area contributed by atoms with Crippen molar-refractivity contribution in [1.29, 1.82) is 0 Å². The standard InChI is InChI=1S/C9H17F2NO2S/c1-7-6-9(2,8(10)11)4-5-12(7)15(3,13)14/h7-8H,4-6H2,1-3H3/t7?,9-/m0/s1. The lowest BCUT2D eigenvalue weighted by molar-refractivity contribution is -0.0362. The van der Waals surface area contributed by atoms with Gasteiger partial charge in [0, 0.05) is 18.0 Å². The van der Waals surface area contributed by atoms with Gasteiger partial charge in [-0.3, -0.25) is 0 Å². The highest BCUT2D eigenvalue weighted by atomic mass is 32.2. The van der Waals surface area contributed by atoms with Gasteiger partial charge in [-0.25, -0.2) is 17.2 Å². The van der Waals surface area contributed by atoms with Gasteiger partial charge in [0.25, 0.3) is 0 Å². The highest BCUT2D eigenvalue weighted by Gasteiger charge is 2.43. The van der Waals surface area contributed by atoms with Crippen molar-refractivity contribution in [2.24, 2.45) is 5.41 Å². The van der Waals surface area contributed by atoms with Gasteiger partial charge in [0.15, 0.2) is 0 Å². The molecule has 1 heterocycles. The number of hydrogen-bond acceptors (Lipinski definition) is 2. The molecule has 0 N–H and O–H groups in total. The molecule has 6 heteroatoms. The number of sulfonamides is 1. The molecule has 0 spiro atoms. The molecule has 0 bridgehead atoms. The molecule has 0 radical (unpaired) electrons. The molecule has 1 saturated heterocycles. The molecule has 90 valence electrons. The fraction of sp³-hybridized carbons (Fsp3) is 1.00. The van der Waals surface area contributed by atoms with Crippen LogP contribution in [-0.2, 0) is 10.0 Å². The fourth-order valence-corrected chi connectivity index (χ4v) is 3.31. The molecule has 3 nitrogen and oxygen atoms in total. The zero-order chi connectivity index (χ0) is 11.9. The van der Waals surface area contributed by atoms with Gasteiger partial charge in [0.1, 0.15) is 0 Å². The second-order valence-electron chi connectivity index (χ2n) is 4.63. The highest BCUT2D eigenvalue weighted by molar-refractivity contribution is 7.88. The van der Waals surface area contributed by atoms with Crippen LogP contribution in [0.15, 0.2) is 0 Å². The van der Waals surface area contributed by atoms with E-state index < -0.39 is 21.9 Å². The Balaban J connectivity index is 2.80. The second-order valence-corrected chi connectivity index (χ2v) is 6.57. The van der Waals surface area contributed by atoms with Crippen LogP contribution in [-0.4, -0.2) is 38.0 Å². The van der Waals surface area contributed by atoms with E-state index in [1.165, 1.54) is 11.2 Å². The Morgan fingerprint density at radius 1 is 1.47 bits per heavy atom. The van der Waals surface area contributed by atoms with Gasteiger partial charge in [-0.2, -0.15) is 4.31 Å². The van der Waals surface area contributed by atoms with E-state index in [9.17, 15) is 17.2 Å². The molecule has 2 atom stereocenters. The summed E-state index contributed by atoms with van der Waals surface area (Å²) in [6.07, 6.45) is -0.824. The summed E-state index contributed by atoms with van der Waals surface area (Å²) in [5, 5.41) is 0. The molecule has 0 aromatic heterocycles. The predicted octanol–water partition coefficient (Wildman–Crippen LogP) is 1.70. The molecule has 1 unspecified atom stereocenters. The predicted molar refractivity (Wildman–Crippen MR) is 54.4 cm³/mol. The van der Waals surface area contributed by atoms with E-state index in [-0.39, 0.29) is 25.4 Å². The average Bonchev–Trinajstić information content (AvgIpc) is 2.00. The molecule has 0 saturated carbocycles. The first kappa shape index (κ1) is 12.8. The summed E-state index contributed by atoms with van der Waals surface area (Å²) in [6.45, 7) is 3.40. The van der Waals surface area contributed by atoms with Crippen LogP contribution in [0.5, 0.6) is 0 Å². The number of piperidine rings is 1. The lowest BCUT2D eigenvalue weighted by Crippen LogP contribution is -2.49. The van der Waals surface area contributed by atoms with Crippen LogP contribution in [0, 0.1) is 5.41 Å². The van der Waals surface area contributed by atoms with Crippen LogP contribution < -0.4 is 0 Å². The Bertz CT molecular complexity index is 331. The molecule has 0 aromatic rings. The molecule has 15 heavy (non-hydrogen) atoms. The minimum Gasteiger partial charge on any atom is -0.212 e. The molecule has 0 amide bonds. The Morgan fingerprint density at radius 2 is 2.00 bits per heavy atom. The Kier molecular flexibility index (Phi) is 3.40. The van der Waals surface area contributed by atoms with Crippen molar-refractivity contribution in [3.05, 3.63) is 0 Å². The monoisotopic (exact) mass is 241 g/mol. The summed E-state index contributed by atoms with van der Waals surface area (Å²) < 4.78 is 49.4. The molecular formula is C9H17F2NO2S. The lowest BCUT2D eigenvalue weighted by Gasteiger charge is -2.41. The number of hydrogen-bond donors (Lipinski definition) is 0. The van der Waals surface area contributed by atoms with Crippen molar-refractivity contribution in [3.63, 3.8) is 0 Å². The van der Waals surface area contributed by atoms with Gasteiger partial charge < -0.3 is 0 Å². The third-order valence-corrected chi connectivity index (χ3v) is 4.50. The summed E-state index contributed by atoms with van der Waals surface area (Å²) in [6, 6.07) is -0.340. The van der Waals surface area contributed by atoms with Gasteiger partial charge in [-0.05, 0) is 19.8 Å². The van der Waals surface area contributed by atoms with E-state index in [1.54, 1.807) is 6.92 Å². The maximum atomic E-state index is 12.7. The van der Waals surface area contributed by atoms with E-state index in [1.807, 2.05) is 0 Å². The number of alkyl halides is 2. The average molecular weight is 241 g/mol. The second kappa shape index (κ2) is 3.97. The van der Waals surface area contributed by atoms with E-state index in [2.05, 4.69) is 0 Å². The number of rotatable bonds is 2. The SMILES string of the molecule is CC1C[C@@](C)(C(F)F)CCN1S(C)(=O)=O. The molecule has 1 aliphatic heterocycles. The normalized spacial score (nSPS) is 34.7. The van der Waals surface area contributed by atoms with E-state index in [0.29, 0.717) is 0 Å². The largest absolute Gasteiger partial charge is 0.244 e. The van der Waals surface area contributed by atoms with Gasteiger partial charge in [0.2, 0.25) is 16.4 Å². The van der Waals surface area contributed by atoms with Crippen molar-refractivity contribution in [3.8, 4) is 0 Å². The Morgan fingerprint density at radius 3 is 2.33 bits per heavy atom. The molecule has 1 aliphatic rings. The van der Waals surface area contributed by atoms with Crippen molar-refractivity contribution in [1.82, 2.24) is 4.31 Å². The Labute approximate surface area is 89.5 Å². The molecule has 0 aliphatic carbocycles. The first-order valence-electron chi connectivity index (χ1n) is 4.92. The quantitative estimate of drug-likeness (QED) is 0.738. The maximum Gasteiger partial charge on any atom is 0.244 e. The smallest absolute Gasteiger partial charge is 0.212 e. The molecule has 0 aromatic carbocycles. The minimum atomic E-state index is -3.26. The molecule has 1 rings (SSSR count). The van der Waals surface area contributed by atoms with Gasteiger partial charge in [0.05, 0.1) is 6.26 Å². The fourth-order valence-electron chi connectivity index (χ4n) is 2.16. The first-order chi connectivity index (χ1) is 6.67. The maximum absolute atomic E-state index is 12.7. The lowest BCUT2D eigenvalue weighted by atomic mass is 9.78. The van der Waals surface area contributed by atoms with Crippen molar-refractivity contribution >= 4 is 10.0 Å². The summed E-state index contributed by atoms with van der Waals surface area (Å²) in [4.78, 5) is 0. The van der Waals surface area contributed by atoms with E-state index in [4.69, 9.17) is 0 Å². The molecule has 1 fully saturated rings. The van der Waals surface area contributed by atoms with Gasteiger partial charge >= 0.3 is 0 Å². The van der Waals surface area contributed by atoms with Crippen LogP contribution in [0.1, 0.15) is 26.7 Å². The van der Waals surface area contributed by atoms with E-state index >= 15 is 0 Å². The van der Waals surface area contributed by atoms with Crippen LogP contribution in [0.4, 0.5) is 8.78 Å². The number of nitrogens with zero attached hydrogens (tertiary/aromatic N) is 1. The van der Waals surface area contributed by atoms with Crippen molar-refractivity contribution in [2.45, 2.75) is 39.2 Å². The Hall–Kier alpha value is -0.230. The zero-order valence-corrected chi connectivity index (χ0v) is 10.0. The summed E-state index contributed by atoms with van der Waals surface area (Å²) in [5.41, 5.74) is -1.04. The summed E-state index contributed by atoms with van der Waals surface area (Å²) in [5.74, 6) is 0. The minimum absolute atomic E-state index is 0.195. The van der Waals surface area contributed by atoms with Crippen LogP contribution in [0.3, 0.4) is 0 Å².